The minimum atomic E-state index is -0.804. The molecule has 2 aromatic carbocycles. The third kappa shape index (κ3) is 4.71. The summed E-state index contributed by atoms with van der Waals surface area (Å²) in [7, 11) is 1.62. The number of nitrogens with zero attached hydrogens (tertiary/aromatic N) is 1. The maximum atomic E-state index is 12.3. The molecule has 0 heterocycles. The van der Waals surface area contributed by atoms with Gasteiger partial charge in [-0.2, -0.15) is 0 Å². The van der Waals surface area contributed by atoms with Gasteiger partial charge in [-0.3, -0.25) is 19.7 Å². The molecule has 0 bridgehead atoms. The van der Waals surface area contributed by atoms with E-state index in [1.165, 1.54) is 24.3 Å². The smallest absolute Gasteiger partial charge is 0.313 e. The quantitative estimate of drug-likeness (QED) is 0.442. The van der Waals surface area contributed by atoms with E-state index in [0.717, 1.165) is 37.0 Å². The van der Waals surface area contributed by atoms with Gasteiger partial charge in [-0.05, 0) is 42.7 Å². The number of hydrogen-bond donors (Lipinski definition) is 2. The highest BCUT2D eigenvalue weighted by molar-refractivity contribution is 6.39. The molecule has 0 aliphatic heterocycles. The lowest BCUT2D eigenvalue weighted by Crippen LogP contribution is -2.43. The van der Waals surface area contributed by atoms with Gasteiger partial charge in [0.1, 0.15) is 5.75 Å². The van der Waals surface area contributed by atoms with Gasteiger partial charge in [0.2, 0.25) is 0 Å². The number of hydrogen-bond acceptors (Lipinski definition) is 5. The topological polar surface area (TPSA) is 111 Å². The Kier molecular flexibility index (Phi) is 6.11. The molecule has 8 heteroatoms. The van der Waals surface area contributed by atoms with Crippen molar-refractivity contribution in [1.82, 2.24) is 5.32 Å². The Morgan fingerprint density at radius 2 is 1.66 bits per heavy atom. The van der Waals surface area contributed by atoms with Crippen LogP contribution in [0.2, 0.25) is 0 Å². The number of nitro groups is 1. The molecule has 0 saturated heterocycles. The van der Waals surface area contributed by atoms with Crippen LogP contribution in [0.1, 0.15) is 31.2 Å². The van der Waals surface area contributed by atoms with Gasteiger partial charge in [-0.15, -0.1) is 0 Å². The minimum absolute atomic E-state index is 0.0879. The van der Waals surface area contributed by atoms with Gasteiger partial charge < -0.3 is 15.4 Å². The number of benzene rings is 2. The van der Waals surface area contributed by atoms with Gasteiger partial charge in [-0.1, -0.05) is 25.0 Å². The maximum Gasteiger partial charge on any atom is 0.313 e. The van der Waals surface area contributed by atoms with Gasteiger partial charge in [0.25, 0.3) is 5.69 Å². The summed E-state index contributed by atoms with van der Waals surface area (Å²) in [6.45, 7) is 0.367. The van der Waals surface area contributed by atoms with Crippen molar-refractivity contribution in [3.63, 3.8) is 0 Å². The van der Waals surface area contributed by atoms with Crippen LogP contribution in [0.5, 0.6) is 5.75 Å². The van der Waals surface area contributed by atoms with Crippen LogP contribution in [-0.4, -0.2) is 30.4 Å². The highest BCUT2D eigenvalue weighted by atomic mass is 16.6. The summed E-state index contributed by atoms with van der Waals surface area (Å²) < 4.78 is 5.21. The van der Waals surface area contributed by atoms with E-state index in [0.29, 0.717) is 12.2 Å². The molecule has 152 valence electrons. The largest absolute Gasteiger partial charge is 0.497 e. The number of carbonyl (C=O) groups is 2. The highest BCUT2D eigenvalue weighted by Gasteiger charge is 2.36. The number of nitro benzene ring substituents is 1. The summed E-state index contributed by atoms with van der Waals surface area (Å²) in [5, 5.41) is 15.9. The fourth-order valence-electron chi connectivity index (χ4n) is 3.75. The molecule has 1 saturated carbocycles. The molecule has 8 nitrogen and oxygen atoms in total. The van der Waals surface area contributed by atoms with Gasteiger partial charge in [0, 0.05) is 29.8 Å². The molecule has 0 unspecified atom stereocenters. The van der Waals surface area contributed by atoms with Crippen LogP contribution in [-0.2, 0) is 15.0 Å². The molecule has 0 spiro atoms. The van der Waals surface area contributed by atoms with Crippen molar-refractivity contribution >= 4 is 23.2 Å². The van der Waals surface area contributed by atoms with Crippen LogP contribution in [0.15, 0.2) is 48.5 Å². The predicted octanol–water partition coefficient (Wildman–Crippen LogP) is 3.17. The molecule has 2 amide bonds. The number of ether oxygens (including phenoxy) is 1. The first-order valence-corrected chi connectivity index (χ1v) is 9.42. The first-order valence-electron chi connectivity index (χ1n) is 9.42. The standard InChI is InChI=1S/C21H23N3O5/c1-29-18-10-4-15(5-11-18)21(12-2-3-13-21)14-22-19(25)20(26)23-16-6-8-17(9-7-16)24(27)28/h4-11H,2-3,12-14H2,1H3,(H,22,25)(H,23,26). The summed E-state index contributed by atoms with van der Waals surface area (Å²) in [6, 6.07) is 13.1. The minimum Gasteiger partial charge on any atom is -0.497 e. The van der Waals surface area contributed by atoms with Crippen molar-refractivity contribution < 1.29 is 19.2 Å². The Morgan fingerprint density at radius 3 is 2.21 bits per heavy atom. The van der Waals surface area contributed by atoms with Gasteiger partial charge in [0.15, 0.2) is 0 Å². The van der Waals surface area contributed by atoms with Crippen molar-refractivity contribution in [2.45, 2.75) is 31.1 Å². The number of carbonyl (C=O) groups excluding carboxylic acids is 2. The molecule has 1 aliphatic rings. The Balaban J connectivity index is 1.62. The number of rotatable bonds is 6. The molecule has 3 rings (SSSR count). The Bertz CT molecular complexity index is 888. The van der Waals surface area contributed by atoms with Gasteiger partial charge in [0.05, 0.1) is 12.0 Å². The van der Waals surface area contributed by atoms with E-state index in [4.69, 9.17) is 4.74 Å². The normalized spacial score (nSPS) is 14.8. The number of anilines is 1. The van der Waals surface area contributed by atoms with Crippen LogP contribution < -0.4 is 15.4 Å². The maximum absolute atomic E-state index is 12.3. The first kappa shape index (κ1) is 20.3. The zero-order valence-electron chi connectivity index (χ0n) is 16.1. The molecule has 0 atom stereocenters. The number of non-ortho nitro benzene ring substituents is 1. The fraction of sp³-hybridized carbons (Fsp3) is 0.333. The molecule has 0 radical (unpaired) electrons. The average Bonchev–Trinajstić information content (AvgIpc) is 3.22. The monoisotopic (exact) mass is 397 g/mol. The average molecular weight is 397 g/mol. The number of nitrogens with one attached hydrogen (secondary N) is 2. The fourth-order valence-corrected chi connectivity index (χ4v) is 3.75. The highest BCUT2D eigenvalue weighted by Crippen LogP contribution is 2.41. The third-order valence-corrected chi connectivity index (χ3v) is 5.39. The lowest BCUT2D eigenvalue weighted by Gasteiger charge is -2.30. The van der Waals surface area contributed by atoms with Gasteiger partial charge in [-0.25, -0.2) is 0 Å². The SMILES string of the molecule is COc1ccc(C2(CNC(=O)C(=O)Nc3ccc([N+](=O)[O-])cc3)CCCC2)cc1. The van der Waals surface area contributed by atoms with E-state index >= 15 is 0 Å². The van der Waals surface area contributed by atoms with E-state index < -0.39 is 16.7 Å². The lowest BCUT2D eigenvalue weighted by atomic mass is 9.78. The summed E-state index contributed by atoms with van der Waals surface area (Å²) >= 11 is 0. The lowest BCUT2D eigenvalue weighted by molar-refractivity contribution is -0.384. The van der Waals surface area contributed by atoms with Crippen molar-refractivity contribution in [2.75, 3.05) is 19.0 Å². The van der Waals surface area contributed by atoms with E-state index in [-0.39, 0.29) is 11.1 Å². The van der Waals surface area contributed by atoms with Crippen LogP contribution in [0.25, 0.3) is 0 Å². The summed E-state index contributed by atoms with van der Waals surface area (Å²) in [6.07, 6.45) is 4.00. The van der Waals surface area contributed by atoms with Crippen LogP contribution in [0.4, 0.5) is 11.4 Å². The molecule has 0 aromatic heterocycles. The van der Waals surface area contributed by atoms with E-state index in [9.17, 15) is 19.7 Å². The molecule has 29 heavy (non-hydrogen) atoms. The van der Waals surface area contributed by atoms with Crippen molar-refractivity contribution in [2.24, 2.45) is 0 Å². The molecule has 1 aliphatic carbocycles. The van der Waals surface area contributed by atoms with Crippen molar-refractivity contribution in [1.29, 1.82) is 0 Å². The van der Waals surface area contributed by atoms with Crippen molar-refractivity contribution in [3.05, 3.63) is 64.2 Å². The number of methoxy groups -OCH3 is 1. The predicted molar refractivity (Wildman–Crippen MR) is 108 cm³/mol. The molecule has 2 aromatic rings. The third-order valence-electron chi connectivity index (χ3n) is 5.39. The van der Waals surface area contributed by atoms with E-state index in [2.05, 4.69) is 10.6 Å². The zero-order valence-corrected chi connectivity index (χ0v) is 16.1. The van der Waals surface area contributed by atoms with Crippen LogP contribution in [0.3, 0.4) is 0 Å². The Morgan fingerprint density at radius 1 is 1.03 bits per heavy atom. The molecule has 2 N–H and O–H groups in total. The molecular weight excluding hydrogens is 374 g/mol. The Labute approximate surface area is 168 Å². The van der Waals surface area contributed by atoms with Crippen LogP contribution in [0, 0.1) is 10.1 Å². The Hall–Kier alpha value is -3.42. The van der Waals surface area contributed by atoms with Gasteiger partial charge >= 0.3 is 11.8 Å². The summed E-state index contributed by atoms with van der Waals surface area (Å²) in [4.78, 5) is 34.6. The van der Waals surface area contributed by atoms with Crippen molar-refractivity contribution in [3.8, 4) is 5.75 Å². The zero-order chi connectivity index (χ0) is 20.9. The van der Waals surface area contributed by atoms with E-state index in [1.54, 1.807) is 7.11 Å². The first-order chi connectivity index (χ1) is 13.9. The summed E-state index contributed by atoms with van der Waals surface area (Å²) in [5.74, 6) is -0.765. The number of amides is 2. The second-order valence-corrected chi connectivity index (χ2v) is 7.16. The molecular formula is C21H23N3O5. The second kappa shape index (κ2) is 8.72. The molecule has 1 fully saturated rings. The summed E-state index contributed by atoms with van der Waals surface area (Å²) in [5.41, 5.74) is 1.15. The second-order valence-electron chi connectivity index (χ2n) is 7.16. The van der Waals surface area contributed by atoms with Crippen LogP contribution >= 0.6 is 0 Å². The van der Waals surface area contributed by atoms with E-state index in [1.807, 2.05) is 24.3 Å².